The van der Waals surface area contributed by atoms with Gasteiger partial charge in [0.15, 0.2) is 0 Å². The van der Waals surface area contributed by atoms with Crippen LogP contribution in [0.15, 0.2) is 16.8 Å². The van der Waals surface area contributed by atoms with E-state index in [4.69, 9.17) is 4.74 Å². The fraction of sp³-hybridized carbons (Fsp3) is 0.600. The molecule has 2 aliphatic rings. The molecule has 3 rings (SSSR count). The molecular formula is C15H20N2O3S. The minimum atomic E-state index is 0.0950. The van der Waals surface area contributed by atoms with Gasteiger partial charge in [-0.05, 0) is 23.8 Å². The van der Waals surface area contributed by atoms with Crippen molar-refractivity contribution in [2.75, 3.05) is 39.4 Å². The molecule has 0 saturated carbocycles. The van der Waals surface area contributed by atoms with Crippen LogP contribution in [0.2, 0.25) is 0 Å². The standard InChI is InChI=1S/C15H20N2O3S/c18-14(16-4-6-20-7-5-16)9-12-1-3-17(10-12)15(19)13-2-8-21-11-13/h2,8,11-12H,1,3-7,9-10H2. The van der Waals surface area contributed by atoms with E-state index < -0.39 is 0 Å². The van der Waals surface area contributed by atoms with Gasteiger partial charge in [0.2, 0.25) is 5.91 Å². The first kappa shape index (κ1) is 14.5. The molecule has 1 unspecified atom stereocenters. The molecule has 2 aliphatic heterocycles. The quantitative estimate of drug-likeness (QED) is 0.849. The molecule has 114 valence electrons. The third-order valence-corrected chi connectivity index (χ3v) is 4.85. The van der Waals surface area contributed by atoms with Crippen LogP contribution in [0.1, 0.15) is 23.2 Å². The number of ether oxygens (including phenoxy) is 1. The molecule has 2 amide bonds. The molecule has 1 atom stereocenters. The number of morpholine rings is 1. The highest BCUT2D eigenvalue weighted by atomic mass is 32.1. The summed E-state index contributed by atoms with van der Waals surface area (Å²) in [5.74, 6) is 0.591. The van der Waals surface area contributed by atoms with Crippen LogP contribution in [0.5, 0.6) is 0 Å². The molecule has 21 heavy (non-hydrogen) atoms. The number of likely N-dealkylation sites (tertiary alicyclic amines) is 1. The Balaban J connectivity index is 1.50. The Kier molecular flexibility index (Phi) is 4.55. The van der Waals surface area contributed by atoms with E-state index in [0.717, 1.165) is 18.5 Å². The Morgan fingerprint density at radius 1 is 1.24 bits per heavy atom. The normalized spacial score (nSPS) is 22.6. The number of hydrogen-bond acceptors (Lipinski definition) is 4. The van der Waals surface area contributed by atoms with E-state index >= 15 is 0 Å². The lowest BCUT2D eigenvalue weighted by Crippen LogP contribution is -2.41. The number of nitrogens with zero attached hydrogens (tertiary/aromatic N) is 2. The number of amides is 2. The Hall–Kier alpha value is -1.40. The number of rotatable bonds is 3. The van der Waals surface area contributed by atoms with E-state index in [1.165, 1.54) is 11.3 Å². The molecule has 0 bridgehead atoms. The Morgan fingerprint density at radius 3 is 2.76 bits per heavy atom. The zero-order chi connectivity index (χ0) is 14.7. The van der Waals surface area contributed by atoms with Gasteiger partial charge in [-0.15, -0.1) is 0 Å². The maximum atomic E-state index is 12.3. The van der Waals surface area contributed by atoms with Crippen LogP contribution in [-0.2, 0) is 9.53 Å². The Morgan fingerprint density at radius 2 is 2.05 bits per heavy atom. The van der Waals surface area contributed by atoms with Crippen molar-refractivity contribution in [2.45, 2.75) is 12.8 Å². The predicted molar refractivity (Wildman–Crippen MR) is 80.3 cm³/mol. The van der Waals surface area contributed by atoms with Crippen LogP contribution >= 0.6 is 11.3 Å². The monoisotopic (exact) mass is 308 g/mol. The van der Waals surface area contributed by atoms with Gasteiger partial charge >= 0.3 is 0 Å². The van der Waals surface area contributed by atoms with Crippen molar-refractivity contribution in [1.82, 2.24) is 9.80 Å². The van der Waals surface area contributed by atoms with Gasteiger partial charge in [-0.2, -0.15) is 11.3 Å². The van der Waals surface area contributed by atoms with Crippen LogP contribution in [0, 0.1) is 5.92 Å². The third kappa shape index (κ3) is 3.44. The van der Waals surface area contributed by atoms with Crippen molar-refractivity contribution < 1.29 is 14.3 Å². The van der Waals surface area contributed by atoms with Crippen LogP contribution in [-0.4, -0.2) is 61.0 Å². The highest BCUT2D eigenvalue weighted by Crippen LogP contribution is 2.23. The van der Waals surface area contributed by atoms with E-state index in [2.05, 4.69) is 0 Å². The first-order valence-corrected chi connectivity index (χ1v) is 8.35. The Labute approximate surface area is 128 Å². The molecule has 1 aromatic rings. The van der Waals surface area contributed by atoms with Gasteiger partial charge in [-0.3, -0.25) is 9.59 Å². The molecule has 0 N–H and O–H groups in total. The minimum absolute atomic E-state index is 0.0950. The summed E-state index contributed by atoms with van der Waals surface area (Å²) in [5.41, 5.74) is 0.764. The maximum Gasteiger partial charge on any atom is 0.254 e. The SMILES string of the molecule is O=C(CC1CCN(C(=O)c2ccsc2)C1)N1CCOCC1. The average Bonchev–Trinajstić information content (AvgIpc) is 3.19. The maximum absolute atomic E-state index is 12.3. The molecule has 0 aromatic carbocycles. The molecule has 3 heterocycles. The molecule has 5 nitrogen and oxygen atoms in total. The molecule has 2 fully saturated rings. The van der Waals surface area contributed by atoms with Crippen LogP contribution < -0.4 is 0 Å². The second-order valence-corrected chi connectivity index (χ2v) is 6.40. The highest BCUT2D eigenvalue weighted by molar-refractivity contribution is 7.08. The summed E-state index contributed by atoms with van der Waals surface area (Å²) in [6, 6.07) is 1.86. The van der Waals surface area contributed by atoms with Crippen LogP contribution in [0.25, 0.3) is 0 Å². The van der Waals surface area contributed by atoms with Crippen molar-refractivity contribution in [3.63, 3.8) is 0 Å². The fourth-order valence-electron chi connectivity index (χ4n) is 2.94. The summed E-state index contributed by atoms with van der Waals surface area (Å²) >= 11 is 1.54. The first-order valence-electron chi connectivity index (χ1n) is 7.41. The summed E-state index contributed by atoms with van der Waals surface area (Å²) in [4.78, 5) is 28.2. The van der Waals surface area contributed by atoms with Gasteiger partial charge in [0.1, 0.15) is 0 Å². The lowest BCUT2D eigenvalue weighted by atomic mass is 10.0. The lowest BCUT2D eigenvalue weighted by Gasteiger charge is -2.27. The van der Waals surface area contributed by atoms with Crippen LogP contribution in [0.4, 0.5) is 0 Å². The van der Waals surface area contributed by atoms with Gasteiger partial charge < -0.3 is 14.5 Å². The zero-order valence-electron chi connectivity index (χ0n) is 12.0. The van der Waals surface area contributed by atoms with Gasteiger partial charge in [0.25, 0.3) is 5.91 Å². The number of hydrogen-bond donors (Lipinski definition) is 0. The smallest absolute Gasteiger partial charge is 0.254 e. The first-order chi connectivity index (χ1) is 10.2. The van der Waals surface area contributed by atoms with E-state index in [0.29, 0.717) is 45.2 Å². The second-order valence-electron chi connectivity index (χ2n) is 5.62. The predicted octanol–water partition coefficient (Wildman–Crippen LogP) is 1.46. The number of carbonyl (C=O) groups is 2. The van der Waals surface area contributed by atoms with E-state index in [-0.39, 0.29) is 11.8 Å². The molecule has 1 aromatic heterocycles. The topological polar surface area (TPSA) is 49.9 Å². The van der Waals surface area contributed by atoms with E-state index in [9.17, 15) is 9.59 Å². The molecule has 0 spiro atoms. The fourth-order valence-corrected chi connectivity index (χ4v) is 3.57. The Bertz CT molecular complexity index is 497. The van der Waals surface area contributed by atoms with E-state index in [1.807, 2.05) is 26.6 Å². The zero-order valence-corrected chi connectivity index (χ0v) is 12.8. The van der Waals surface area contributed by atoms with Crippen LogP contribution in [0.3, 0.4) is 0 Å². The summed E-state index contributed by atoms with van der Waals surface area (Å²) in [6.45, 7) is 4.13. The third-order valence-electron chi connectivity index (χ3n) is 4.17. The minimum Gasteiger partial charge on any atom is -0.378 e. The average molecular weight is 308 g/mol. The summed E-state index contributed by atoms with van der Waals surface area (Å²) in [7, 11) is 0. The molecule has 2 saturated heterocycles. The summed E-state index contributed by atoms with van der Waals surface area (Å²) < 4.78 is 5.26. The van der Waals surface area contributed by atoms with Gasteiger partial charge in [-0.1, -0.05) is 0 Å². The molecule has 0 radical (unpaired) electrons. The number of carbonyl (C=O) groups excluding carboxylic acids is 2. The molecular weight excluding hydrogens is 288 g/mol. The highest BCUT2D eigenvalue weighted by Gasteiger charge is 2.30. The summed E-state index contributed by atoms with van der Waals surface area (Å²) in [5, 5.41) is 3.80. The number of thiophene rings is 1. The van der Waals surface area contributed by atoms with Crippen molar-refractivity contribution >= 4 is 23.2 Å². The van der Waals surface area contributed by atoms with Gasteiger partial charge in [-0.25, -0.2) is 0 Å². The van der Waals surface area contributed by atoms with Crippen molar-refractivity contribution in [1.29, 1.82) is 0 Å². The van der Waals surface area contributed by atoms with Crippen molar-refractivity contribution in [3.05, 3.63) is 22.4 Å². The van der Waals surface area contributed by atoms with Crippen molar-refractivity contribution in [3.8, 4) is 0 Å². The van der Waals surface area contributed by atoms with Gasteiger partial charge in [0, 0.05) is 38.0 Å². The van der Waals surface area contributed by atoms with Crippen molar-refractivity contribution in [2.24, 2.45) is 5.92 Å². The summed E-state index contributed by atoms with van der Waals surface area (Å²) in [6.07, 6.45) is 1.47. The molecule has 0 aliphatic carbocycles. The molecule has 6 heteroatoms. The second kappa shape index (κ2) is 6.58. The van der Waals surface area contributed by atoms with E-state index in [1.54, 1.807) is 0 Å². The largest absolute Gasteiger partial charge is 0.378 e. The lowest BCUT2D eigenvalue weighted by molar-refractivity contribution is -0.136. The van der Waals surface area contributed by atoms with Gasteiger partial charge in [0.05, 0.1) is 18.8 Å².